The third kappa shape index (κ3) is 5.48. The van der Waals surface area contributed by atoms with Crippen LogP contribution in [0.25, 0.3) is 0 Å². The summed E-state index contributed by atoms with van der Waals surface area (Å²) >= 11 is 0. The summed E-state index contributed by atoms with van der Waals surface area (Å²) in [7, 11) is 5.25. The highest BCUT2D eigenvalue weighted by atomic mass is 16.6. The molecule has 0 bridgehead atoms. The van der Waals surface area contributed by atoms with E-state index in [4.69, 9.17) is 14.2 Å². The molecule has 3 rings (SSSR count). The van der Waals surface area contributed by atoms with E-state index in [2.05, 4.69) is 10.6 Å². The summed E-state index contributed by atoms with van der Waals surface area (Å²) in [5.41, 5.74) is 1.67. The Hall–Kier alpha value is -2.20. The predicted molar refractivity (Wildman–Crippen MR) is 111 cm³/mol. The molecule has 9 heteroatoms. The van der Waals surface area contributed by atoms with Gasteiger partial charge in [0.1, 0.15) is 18.0 Å². The first-order valence-electron chi connectivity index (χ1n) is 10.2. The summed E-state index contributed by atoms with van der Waals surface area (Å²) in [6.45, 7) is 0.994. The number of hydrogen-bond donors (Lipinski definition) is 3. The van der Waals surface area contributed by atoms with Crippen LogP contribution in [0, 0.1) is 0 Å². The molecule has 0 aromatic heterocycles. The van der Waals surface area contributed by atoms with Gasteiger partial charge >= 0.3 is 0 Å². The van der Waals surface area contributed by atoms with E-state index in [1.54, 1.807) is 18.1 Å². The van der Waals surface area contributed by atoms with Gasteiger partial charge in [-0.15, -0.1) is 0 Å². The van der Waals surface area contributed by atoms with Gasteiger partial charge in [-0.1, -0.05) is 0 Å². The first-order chi connectivity index (χ1) is 14.4. The van der Waals surface area contributed by atoms with Gasteiger partial charge in [-0.2, -0.15) is 0 Å². The van der Waals surface area contributed by atoms with Crippen molar-refractivity contribution >= 4 is 17.5 Å². The predicted octanol–water partition coefficient (Wildman–Crippen LogP) is 0.334. The number of methoxy groups -OCH3 is 1. The zero-order valence-electron chi connectivity index (χ0n) is 17.7. The summed E-state index contributed by atoms with van der Waals surface area (Å²) in [5, 5.41) is 15.5. The smallest absolute Gasteiger partial charge is 0.238 e. The summed E-state index contributed by atoms with van der Waals surface area (Å²) in [6.07, 6.45) is -0.350. The van der Waals surface area contributed by atoms with Crippen molar-refractivity contribution in [2.75, 3.05) is 52.8 Å². The third-order valence-corrected chi connectivity index (χ3v) is 5.28. The van der Waals surface area contributed by atoms with Gasteiger partial charge in [-0.25, -0.2) is 0 Å². The first-order valence-corrected chi connectivity index (χ1v) is 10.2. The minimum atomic E-state index is -0.514. The van der Waals surface area contributed by atoms with Crippen LogP contribution >= 0.6 is 0 Å². The van der Waals surface area contributed by atoms with Gasteiger partial charge in [0.05, 0.1) is 32.3 Å². The number of nitrogens with zero attached hydrogens (tertiary/aromatic N) is 1. The van der Waals surface area contributed by atoms with Crippen molar-refractivity contribution in [1.82, 2.24) is 10.2 Å². The number of hydrogen-bond acceptors (Lipinski definition) is 7. The largest absolute Gasteiger partial charge is 0.487 e. The number of ether oxygens (including phenoxy) is 3. The Balaban J connectivity index is 1.70. The number of aliphatic hydroxyl groups excluding tert-OH is 1. The average molecular weight is 421 g/mol. The number of aliphatic hydroxyl groups is 1. The van der Waals surface area contributed by atoms with Gasteiger partial charge in [0.25, 0.3) is 0 Å². The summed E-state index contributed by atoms with van der Waals surface area (Å²) in [4.78, 5) is 26.1. The van der Waals surface area contributed by atoms with Crippen LogP contribution in [0.1, 0.15) is 24.3 Å². The summed E-state index contributed by atoms with van der Waals surface area (Å²) in [5.74, 6) is 0.494. The number of amides is 2. The van der Waals surface area contributed by atoms with E-state index in [1.165, 1.54) is 0 Å². The van der Waals surface area contributed by atoms with Crippen LogP contribution in [-0.2, 0) is 19.1 Å². The Bertz CT molecular complexity index is 756. The monoisotopic (exact) mass is 421 g/mol. The lowest BCUT2D eigenvalue weighted by Crippen LogP contribution is -2.47. The van der Waals surface area contributed by atoms with E-state index in [-0.39, 0.29) is 43.0 Å². The SMILES string of the molecule is COCCNC(=O)C[C@H]1C[C@@H]2c3cc(NC(=O)CN(C)C)ccc3O[C@@H]2[C@@H](CO)O1. The number of carbonyl (C=O) groups excluding carboxylic acids is 2. The van der Waals surface area contributed by atoms with Gasteiger partial charge in [-0.05, 0) is 38.7 Å². The molecule has 0 unspecified atom stereocenters. The molecular formula is C21H31N3O6. The molecule has 0 spiro atoms. The molecule has 0 radical (unpaired) electrons. The topological polar surface area (TPSA) is 109 Å². The fourth-order valence-electron chi connectivity index (χ4n) is 4.03. The molecule has 0 saturated carbocycles. The summed E-state index contributed by atoms with van der Waals surface area (Å²) in [6, 6.07) is 5.56. The van der Waals surface area contributed by atoms with Crippen LogP contribution in [0.4, 0.5) is 5.69 Å². The zero-order valence-corrected chi connectivity index (χ0v) is 17.7. The molecule has 1 aromatic rings. The van der Waals surface area contributed by atoms with Crippen LogP contribution < -0.4 is 15.4 Å². The summed E-state index contributed by atoms with van der Waals surface area (Å²) < 4.78 is 16.9. The van der Waals surface area contributed by atoms with Crippen molar-refractivity contribution in [2.24, 2.45) is 0 Å². The van der Waals surface area contributed by atoms with Crippen LogP contribution in [0.3, 0.4) is 0 Å². The Morgan fingerprint density at radius 2 is 2.10 bits per heavy atom. The molecule has 2 amide bonds. The maximum absolute atomic E-state index is 12.2. The Kier molecular flexibility index (Phi) is 7.65. The number of rotatable bonds is 9. The van der Waals surface area contributed by atoms with E-state index in [0.717, 1.165) is 11.3 Å². The van der Waals surface area contributed by atoms with E-state index in [1.807, 2.05) is 26.2 Å². The van der Waals surface area contributed by atoms with Crippen molar-refractivity contribution in [2.45, 2.75) is 37.1 Å². The number of benzene rings is 1. The molecule has 166 valence electrons. The highest BCUT2D eigenvalue weighted by molar-refractivity contribution is 5.92. The van der Waals surface area contributed by atoms with Gasteiger partial charge in [-0.3, -0.25) is 9.59 Å². The maximum atomic E-state index is 12.2. The molecule has 2 aliphatic rings. The second kappa shape index (κ2) is 10.2. The fraction of sp³-hybridized carbons (Fsp3) is 0.619. The minimum absolute atomic E-state index is 0.0200. The Morgan fingerprint density at radius 1 is 1.30 bits per heavy atom. The fourth-order valence-corrected chi connectivity index (χ4v) is 4.03. The molecule has 30 heavy (non-hydrogen) atoms. The van der Waals surface area contributed by atoms with E-state index in [9.17, 15) is 14.7 Å². The molecule has 2 heterocycles. The maximum Gasteiger partial charge on any atom is 0.238 e. The molecule has 3 N–H and O–H groups in total. The number of anilines is 1. The van der Waals surface area contributed by atoms with Gasteiger partial charge in [0, 0.05) is 30.8 Å². The van der Waals surface area contributed by atoms with E-state index >= 15 is 0 Å². The first kappa shape index (κ1) is 22.5. The zero-order chi connectivity index (χ0) is 21.7. The van der Waals surface area contributed by atoms with Gasteiger partial charge in [0.15, 0.2) is 0 Å². The minimum Gasteiger partial charge on any atom is -0.487 e. The standard InChI is InChI=1S/C21H31N3O6/c1-24(2)11-20(27)23-13-4-5-17-15(8-13)16-9-14(10-19(26)22-6-7-28-3)29-18(12-25)21(16)30-17/h4-5,8,14,16,18,21,25H,6-7,9-12H2,1-3H3,(H,22,26)(H,23,27)/t14-,16-,18-,21+/m1/s1. The molecular weight excluding hydrogens is 390 g/mol. The molecule has 2 aliphatic heterocycles. The van der Waals surface area contributed by atoms with Crippen molar-refractivity contribution in [3.63, 3.8) is 0 Å². The van der Waals surface area contributed by atoms with Crippen molar-refractivity contribution in [3.05, 3.63) is 23.8 Å². The van der Waals surface area contributed by atoms with Crippen molar-refractivity contribution in [1.29, 1.82) is 0 Å². The molecule has 1 saturated heterocycles. The van der Waals surface area contributed by atoms with E-state index < -0.39 is 6.10 Å². The van der Waals surface area contributed by atoms with Crippen LogP contribution in [-0.4, -0.2) is 87.6 Å². The molecule has 1 fully saturated rings. The second-order valence-electron chi connectivity index (χ2n) is 7.99. The van der Waals surface area contributed by atoms with Crippen LogP contribution in [0.5, 0.6) is 5.75 Å². The lowest BCUT2D eigenvalue weighted by atomic mass is 9.84. The third-order valence-electron chi connectivity index (χ3n) is 5.28. The Morgan fingerprint density at radius 3 is 2.80 bits per heavy atom. The average Bonchev–Trinajstić information content (AvgIpc) is 3.05. The van der Waals surface area contributed by atoms with Crippen molar-refractivity contribution < 1.29 is 28.9 Å². The van der Waals surface area contributed by atoms with Crippen molar-refractivity contribution in [3.8, 4) is 5.75 Å². The van der Waals surface area contributed by atoms with Gasteiger partial charge < -0.3 is 34.9 Å². The van der Waals surface area contributed by atoms with Crippen LogP contribution in [0.2, 0.25) is 0 Å². The second-order valence-corrected chi connectivity index (χ2v) is 7.99. The normalized spacial score (nSPS) is 24.7. The lowest BCUT2D eigenvalue weighted by Gasteiger charge is -2.37. The van der Waals surface area contributed by atoms with E-state index in [0.29, 0.717) is 31.8 Å². The quantitative estimate of drug-likeness (QED) is 0.493. The number of carbonyl (C=O) groups is 2. The van der Waals surface area contributed by atoms with Crippen LogP contribution in [0.15, 0.2) is 18.2 Å². The molecule has 1 aromatic carbocycles. The molecule has 9 nitrogen and oxygen atoms in total. The lowest BCUT2D eigenvalue weighted by molar-refractivity contribution is -0.142. The molecule has 0 aliphatic carbocycles. The van der Waals surface area contributed by atoms with Gasteiger partial charge in [0.2, 0.25) is 11.8 Å². The number of likely N-dealkylation sites (N-methyl/N-ethyl adjacent to an activating group) is 1. The highest BCUT2D eigenvalue weighted by Gasteiger charge is 2.46. The Labute approximate surface area is 176 Å². The number of fused-ring (bicyclic) bond motifs is 3. The number of nitrogens with one attached hydrogen (secondary N) is 2. The highest BCUT2D eigenvalue weighted by Crippen LogP contribution is 2.47. The molecule has 4 atom stereocenters.